The Morgan fingerprint density at radius 2 is 2.10 bits per heavy atom. The van der Waals surface area contributed by atoms with Crippen LogP contribution in [0.2, 0.25) is 0 Å². The van der Waals surface area contributed by atoms with Gasteiger partial charge in [0.05, 0.1) is 17.9 Å². The Morgan fingerprint density at radius 1 is 1.34 bits per heavy atom. The SMILES string of the molecule is COCCN1C[C@@H]2[C@@H]3C1[C@@]23c1cc(-c2cnc(N)c(C(F)(F)F)c2)nn1C(C)C. The van der Waals surface area contributed by atoms with Crippen molar-refractivity contribution < 1.29 is 17.9 Å². The van der Waals surface area contributed by atoms with E-state index >= 15 is 0 Å². The number of ether oxygens (including phenoxy) is 1. The second-order valence-electron chi connectivity index (χ2n) is 8.61. The van der Waals surface area contributed by atoms with Crippen LogP contribution >= 0.6 is 0 Å². The first-order valence-electron chi connectivity index (χ1n) is 9.87. The highest BCUT2D eigenvalue weighted by atomic mass is 19.4. The summed E-state index contributed by atoms with van der Waals surface area (Å²) in [6.45, 7) is 6.76. The monoisotopic (exact) mass is 407 g/mol. The predicted octanol–water partition coefficient (Wildman–Crippen LogP) is 2.96. The third-order valence-corrected chi connectivity index (χ3v) is 6.81. The number of alkyl halides is 3. The molecule has 6 nitrogen and oxygen atoms in total. The minimum Gasteiger partial charge on any atom is -0.383 e. The van der Waals surface area contributed by atoms with E-state index in [0.29, 0.717) is 35.7 Å². The van der Waals surface area contributed by atoms with Gasteiger partial charge in [0.15, 0.2) is 0 Å². The van der Waals surface area contributed by atoms with Gasteiger partial charge in [-0.15, -0.1) is 0 Å². The van der Waals surface area contributed by atoms with Crippen LogP contribution in [-0.2, 0) is 16.3 Å². The van der Waals surface area contributed by atoms with Crippen LogP contribution in [0.15, 0.2) is 18.3 Å². The van der Waals surface area contributed by atoms with Crippen LogP contribution in [0.3, 0.4) is 0 Å². The van der Waals surface area contributed by atoms with Crippen molar-refractivity contribution in [3.63, 3.8) is 0 Å². The molecule has 4 fully saturated rings. The van der Waals surface area contributed by atoms with Crippen LogP contribution in [0, 0.1) is 11.8 Å². The van der Waals surface area contributed by atoms with Crippen molar-refractivity contribution in [1.82, 2.24) is 19.7 Å². The number of halogens is 3. The molecule has 9 heteroatoms. The minimum absolute atomic E-state index is 0.108. The standard InChI is InChI=1S/C20H24F3N5O/c1-10(2)28-15(19-13-9-27(4-5-29-3)17(19)16(13)19)7-14(26-28)11-6-12(20(21,22)23)18(24)25-8-11/h6-8,10,13,16-17H,4-5,9H2,1-3H3,(H2,24,25)/t13-,16-,17?,19-/m1/s1. The van der Waals surface area contributed by atoms with E-state index in [4.69, 9.17) is 10.5 Å². The molecule has 2 aromatic rings. The predicted molar refractivity (Wildman–Crippen MR) is 101 cm³/mol. The quantitative estimate of drug-likeness (QED) is 0.797. The fraction of sp³-hybridized carbons (Fsp3) is 0.600. The topological polar surface area (TPSA) is 69.2 Å². The van der Waals surface area contributed by atoms with Gasteiger partial charge in [-0.1, -0.05) is 0 Å². The largest absolute Gasteiger partial charge is 0.419 e. The summed E-state index contributed by atoms with van der Waals surface area (Å²) in [5.41, 5.74) is 6.62. The lowest BCUT2D eigenvalue weighted by atomic mass is 10.0. The third-order valence-electron chi connectivity index (χ3n) is 6.81. The maximum absolute atomic E-state index is 13.3. The molecule has 29 heavy (non-hydrogen) atoms. The molecule has 0 amide bonds. The van der Waals surface area contributed by atoms with Gasteiger partial charge in [0.2, 0.25) is 0 Å². The summed E-state index contributed by atoms with van der Waals surface area (Å²) >= 11 is 0. The molecule has 6 rings (SSSR count). The van der Waals surface area contributed by atoms with E-state index in [-0.39, 0.29) is 11.5 Å². The first kappa shape index (κ1) is 18.9. The molecule has 2 aliphatic carbocycles. The number of pyridine rings is 1. The number of nitrogens with zero attached hydrogens (tertiary/aromatic N) is 4. The van der Waals surface area contributed by atoms with E-state index in [2.05, 4.69) is 15.0 Å². The number of aromatic nitrogens is 3. The lowest BCUT2D eigenvalue weighted by Gasteiger charge is -2.17. The van der Waals surface area contributed by atoms with Crippen LogP contribution in [0.25, 0.3) is 11.3 Å². The summed E-state index contributed by atoms with van der Waals surface area (Å²) in [6, 6.07) is 3.62. The molecule has 4 aliphatic rings. The van der Waals surface area contributed by atoms with Gasteiger partial charge < -0.3 is 10.5 Å². The number of hydrogen-bond acceptors (Lipinski definition) is 5. The average molecular weight is 407 g/mol. The molecular formula is C20H24F3N5O. The first-order valence-corrected chi connectivity index (χ1v) is 9.87. The van der Waals surface area contributed by atoms with E-state index in [1.807, 2.05) is 24.6 Å². The normalized spacial score (nSPS) is 30.1. The zero-order valence-corrected chi connectivity index (χ0v) is 16.6. The lowest BCUT2D eigenvalue weighted by Crippen LogP contribution is -2.27. The lowest BCUT2D eigenvalue weighted by molar-refractivity contribution is -0.137. The highest BCUT2D eigenvalue weighted by molar-refractivity contribution is 5.65. The van der Waals surface area contributed by atoms with Gasteiger partial charge in [0, 0.05) is 55.2 Å². The summed E-state index contributed by atoms with van der Waals surface area (Å²) in [7, 11) is 1.71. The number of fused-ring (bicyclic) bond motifs is 1. The number of piperidine rings is 1. The molecule has 0 spiro atoms. The summed E-state index contributed by atoms with van der Waals surface area (Å²) in [5, 5.41) is 4.68. The molecule has 2 bridgehead atoms. The molecule has 2 saturated heterocycles. The Kier molecular flexibility index (Phi) is 3.87. The maximum Gasteiger partial charge on any atom is 0.419 e. The van der Waals surface area contributed by atoms with E-state index in [9.17, 15) is 13.2 Å². The van der Waals surface area contributed by atoms with Gasteiger partial charge >= 0.3 is 6.18 Å². The summed E-state index contributed by atoms with van der Waals surface area (Å²) < 4.78 is 47.0. The first-order chi connectivity index (χ1) is 13.7. The Balaban J connectivity index is 1.50. The van der Waals surface area contributed by atoms with Crippen LogP contribution in [0.4, 0.5) is 19.0 Å². The number of rotatable bonds is 6. The van der Waals surface area contributed by atoms with Gasteiger partial charge in [-0.05, 0) is 37.8 Å². The number of hydrogen-bond donors (Lipinski definition) is 1. The number of methoxy groups -OCH3 is 1. The second kappa shape index (κ2) is 5.95. The second-order valence-corrected chi connectivity index (χ2v) is 8.61. The maximum atomic E-state index is 13.3. The van der Waals surface area contributed by atoms with E-state index in [1.165, 1.54) is 6.20 Å². The zero-order valence-electron chi connectivity index (χ0n) is 16.6. The minimum atomic E-state index is -4.55. The van der Waals surface area contributed by atoms with Gasteiger partial charge in [-0.25, -0.2) is 4.98 Å². The molecule has 2 aromatic heterocycles. The van der Waals surface area contributed by atoms with E-state index < -0.39 is 17.6 Å². The molecular weight excluding hydrogens is 383 g/mol. The number of nitrogens with two attached hydrogens (primary N) is 1. The van der Waals surface area contributed by atoms with Crippen LogP contribution in [0.1, 0.15) is 31.1 Å². The van der Waals surface area contributed by atoms with Crippen molar-refractivity contribution in [2.75, 3.05) is 32.5 Å². The van der Waals surface area contributed by atoms with Crippen molar-refractivity contribution in [2.45, 2.75) is 37.5 Å². The van der Waals surface area contributed by atoms with Crippen molar-refractivity contribution in [3.05, 3.63) is 29.6 Å². The van der Waals surface area contributed by atoms with Crippen molar-refractivity contribution in [3.8, 4) is 11.3 Å². The van der Waals surface area contributed by atoms with Crippen molar-refractivity contribution in [2.24, 2.45) is 11.8 Å². The molecule has 156 valence electrons. The van der Waals surface area contributed by atoms with Crippen LogP contribution < -0.4 is 5.73 Å². The Hall–Kier alpha value is -2.13. The third kappa shape index (κ3) is 2.49. The fourth-order valence-corrected chi connectivity index (χ4v) is 5.45. The Labute approximate surface area is 166 Å². The molecule has 0 radical (unpaired) electrons. The van der Waals surface area contributed by atoms with Gasteiger partial charge in [-0.2, -0.15) is 18.3 Å². The molecule has 2 aliphatic heterocycles. The van der Waals surface area contributed by atoms with Gasteiger partial charge in [0.1, 0.15) is 5.82 Å². The number of anilines is 1. The zero-order chi connectivity index (χ0) is 20.7. The van der Waals surface area contributed by atoms with Gasteiger partial charge in [-0.3, -0.25) is 9.58 Å². The number of nitrogen functional groups attached to an aromatic ring is 1. The molecule has 4 heterocycles. The summed E-state index contributed by atoms with van der Waals surface area (Å²) in [5.74, 6) is 0.734. The molecule has 2 N–H and O–H groups in total. The molecule has 4 atom stereocenters. The Morgan fingerprint density at radius 3 is 2.72 bits per heavy atom. The average Bonchev–Trinajstić information content (AvgIpc) is 3.23. The smallest absolute Gasteiger partial charge is 0.383 e. The van der Waals surface area contributed by atoms with Crippen LogP contribution in [-0.4, -0.2) is 52.5 Å². The van der Waals surface area contributed by atoms with Crippen molar-refractivity contribution >= 4 is 5.82 Å². The summed E-state index contributed by atoms with van der Waals surface area (Å²) in [4.78, 5) is 6.24. The van der Waals surface area contributed by atoms with E-state index in [1.54, 1.807) is 7.11 Å². The van der Waals surface area contributed by atoms with Gasteiger partial charge in [0.25, 0.3) is 0 Å². The highest BCUT2D eigenvalue weighted by Gasteiger charge is 2.93. The van der Waals surface area contributed by atoms with Crippen molar-refractivity contribution in [1.29, 1.82) is 0 Å². The van der Waals surface area contributed by atoms with Crippen LogP contribution in [0.5, 0.6) is 0 Å². The summed E-state index contributed by atoms with van der Waals surface area (Å²) in [6.07, 6.45) is -3.18. The Bertz CT molecular complexity index is 966. The molecule has 0 aromatic carbocycles. The fourth-order valence-electron chi connectivity index (χ4n) is 5.45. The van der Waals surface area contributed by atoms with E-state index in [0.717, 1.165) is 24.8 Å². The molecule has 2 saturated carbocycles. The molecule has 1 unspecified atom stereocenters. The highest BCUT2D eigenvalue weighted by Crippen LogP contribution is 2.85.